The molecular weight excluding hydrogens is 310 g/mol. The highest BCUT2D eigenvalue weighted by Crippen LogP contribution is 2.27. The zero-order valence-electron chi connectivity index (χ0n) is 13.5. The predicted octanol–water partition coefficient (Wildman–Crippen LogP) is 2.63. The van der Waals surface area contributed by atoms with Gasteiger partial charge in [0.15, 0.2) is 0 Å². The van der Waals surface area contributed by atoms with Crippen LogP contribution in [0, 0.1) is 21.4 Å². The number of rotatable bonds is 5. The number of nitro groups is 1. The summed E-state index contributed by atoms with van der Waals surface area (Å²) in [6.45, 7) is 3.15. The first-order chi connectivity index (χ1) is 11.7. The highest BCUT2D eigenvalue weighted by molar-refractivity contribution is 5.60. The number of nitro benzene ring substituents is 1. The first-order valence-corrected chi connectivity index (χ1v) is 8.34. The second kappa shape index (κ2) is 7.60. The van der Waals surface area contributed by atoms with Gasteiger partial charge in [0, 0.05) is 31.5 Å². The van der Waals surface area contributed by atoms with Crippen LogP contribution >= 0.6 is 0 Å². The van der Waals surface area contributed by atoms with E-state index in [1.165, 1.54) is 6.07 Å². The van der Waals surface area contributed by atoms with Gasteiger partial charge in [0.2, 0.25) is 0 Å². The molecule has 2 heterocycles. The normalized spacial score (nSPS) is 21.6. The minimum absolute atomic E-state index is 0.106. The van der Waals surface area contributed by atoms with Gasteiger partial charge in [0.1, 0.15) is 11.6 Å². The average Bonchev–Trinajstić information content (AvgIpc) is 3.13. The van der Waals surface area contributed by atoms with Crippen molar-refractivity contribution < 1.29 is 14.4 Å². The number of ether oxygens (including phenoxy) is 2. The molecule has 2 fully saturated rings. The lowest BCUT2D eigenvalue weighted by Crippen LogP contribution is -2.38. The van der Waals surface area contributed by atoms with E-state index in [9.17, 15) is 10.1 Å². The van der Waals surface area contributed by atoms with Crippen LogP contribution in [-0.4, -0.2) is 43.4 Å². The van der Waals surface area contributed by atoms with Crippen molar-refractivity contribution in [3.05, 3.63) is 33.9 Å². The molecule has 2 aliphatic rings. The highest BCUT2D eigenvalue weighted by Gasteiger charge is 2.24. The molecule has 1 aromatic carbocycles. The fraction of sp³-hybridized carbons (Fsp3) is 0.588. The maximum absolute atomic E-state index is 10.9. The topological polar surface area (TPSA) is 88.6 Å². The van der Waals surface area contributed by atoms with Gasteiger partial charge < -0.3 is 14.4 Å². The summed E-state index contributed by atoms with van der Waals surface area (Å²) >= 11 is 0. The molecule has 7 nitrogen and oxygen atoms in total. The van der Waals surface area contributed by atoms with Gasteiger partial charge in [-0.15, -0.1) is 0 Å². The van der Waals surface area contributed by atoms with Crippen molar-refractivity contribution in [2.45, 2.75) is 37.9 Å². The molecule has 0 aromatic heterocycles. The summed E-state index contributed by atoms with van der Waals surface area (Å²) in [5, 5.41) is 20.0. The van der Waals surface area contributed by atoms with Crippen LogP contribution in [0.2, 0.25) is 0 Å². The standard InChI is InChI=1S/C17H21N3O4/c18-11-13-10-14(3-4-17(13)20(21)22)19-7-5-15(6-8-19)24-12-16-2-1-9-23-16/h3-4,10,15-16H,1-2,5-9,12H2. The van der Waals surface area contributed by atoms with Gasteiger partial charge in [-0.2, -0.15) is 5.26 Å². The molecule has 7 heteroatoms. The molecule has 0 saturated carbocycles. The Bertz CT molecular complexity index is 629. The van der Waals surface area contributed by atoms with Crippen molar-refractivity contribution in [1.29, 1.82) is 5.26 Å². The fourth-order valence-electron chi connectivity index (χ4n) is 3.27. The van der Waals surface area contributed by atoms with Gasteiger partial charge in [0.25, 0.3) is 5.69 Å². The van der Waals surface area contributed by atoms with Crippen LogP contribution in [0.25, 0.3) is 0 Å². The Kier molecular flexibility index (Phi) is 5.28. The molecule has 2 saturated heterocycles. The van der Waals surface area contributed by atoms with E-state index < -0.39 is 4.92 Å². The Balaban J connectivity index is 1.54. The smallest absolute Gasteiger partial charge is 0.287 e. The summed E-state index contributed by atoms with van der Waals surface area (Å²) in [6, 6.07) is 6.64. The van der Waals surface area contributed by atoms with Gasteiger partial charge in [-0.1, -0.05) is 0 Å². The zero-order valence-corrected chi connectivity index (χ0v) is 13.5. The highest BCUT2D eigenvalue weighted by atomic mass is 16.6. The van der Waals surface area contributed by atoms with E-state index in [-0.39, 0.29) is 23.5 Å². The van der Waals surface area contributed by atoms with Crippen LogP contribution in [0.15, 0.2) is 18.2 Å². The predicted molar refractivity (Wildman–Crippen MR) is 88.0 cm³/mol. The Hall–Kier alpha value is -2.17. The van der Waals surface area contributed by atoms with Gasteiger partial charge >= 0.3 is 0 Å². The van der Waals surface area contributed by atoms with Crippen molar-refractivity contribution in [1.82, 2.24) is 0 Å². The Morgan fingerprint density at radius 1 is 1.38 bits per heavy atom. The largest absolute Gasteiger partial charge is 0.376 e. The van der Waals surface area contributed by atoms with E-state index in [1.807, 2.05) is 6.07 Å². The van der Waals surface area contributed by atoms with Crippen LogP contribution in [0.3, 0.4) is 0 Å². The van der Waals surface area contributed by atoms with E-state index in [1.54, 1.807) is 12.1 Å². The molecule has 0 bridgehead atoms. The van der Waals surface area contributed by atoms with Crippen LogP contribution in [0.5, 0.6) is 0 Å². The van der Waals surface area contributed by atoms with Gasteiger partial charge in [0.05, 0.1) is 23.7 Å². The minimum atomic E-state index is -0.520. The lowest BCUT2D eigenvalue weighted by molar-refractivity contribution is -0.385. The fourth-order valence-corrected chi connectivity index (χ4v) is 3.27. The maximum atomic E-state index is 10.9. The first-order valence-electron chi connectivity index (χ1n) is 8.34. The molecule has 0 radical (unpaired) electrons. The summed E-state index contributed by atoms with van der Waals surface area (Å²) in [4.78, 5) is 12.5. The third kappa shape index (κ3) is 3.83. The SMILES string of the molecule is N#Cc1cc(N2CCC(OCC3CCCO3)CC2)ccc1[N+](=O)[O-]. The molecular formula is C17H21N3O4. The molecule has 0 spiro atoms. The molecule has 1 atom stereocenters. The Morgan fingerprint density at radius 2 is 2.17 bits per heavy atom. The number of nitrogens with zero attached hydrogens (tertiary/aromatic N) is 3. The van der Waals surface area contributed by atoms with E-state index in [2.05, 4.69) is 4.90 Å². The molecule has 2 aliphatic heterocycles. The van der Waals surface area contributed by atoms with Crippen LogP contribution in [0.1, 0.15) is 31.2 Å². The number of nitriles is 1. The van der Waals surface area contributed by atoms with Crippen molar-refractivity contribution in [3.63, 3.8) is 0 Å². The summed E-state index contributed by atoms with van der Waals surface area (Å²) in [5.74, 6) is 0. The number of benzene rings is 1. The summed E-state index contributed by atoms with van der Waals surface area (Å²) in [6.07, 6.45) is 4.50. The average molecular weight is 331 g/mol. The Labute approximate surface area is 140 Å². The molecule has 24 heavy (non-hydrogen) atoms. The molecule has 1 aromatic rings. The molecule has 0 amide bonds. The molecule has 128 valence electrons. The first kappa shape index (κ1) is 16.7. The number of hydrogen-bond donors (Lipinski definition) is 0. The monoisotopic (exact) mass is 331 g/mol. The quantitative estimate of drug-likeness (QED) is 0.609. The molecule has 0 aliphatic carbocycles. The number of hydrogen-bond acceptors (Lipinski definition) is 6. The van der Waals surface area contributed by atoms with Gasteiger partial charge in [-0.05, 0) is 37.8 Å². The summed E-state index contributed by atoms with van der Waals surface area (Å²) < 4.78 is 11.5. The van der Waals surface area contributed by atoms with Gasteiger partial charge in [-0.3, -0.25) is 10.1 Å². The number of piperidine rings is 1. The second-order valence-electron chi connectivity index (χ2n) is 6.23. The summed E-state index contributed by atoms with van der Waals surface area (Å²) in [5.41, 5.74) is 0.819. The van der Waals surface area contributed by atoms with E-state index in [0.29, 0.717) is 6.61 Å². The van der Waals surface area contributed by atoms with Crippen molar-refractivity contribution in [3.8, 4) is 6.07 Å². The van der Waals surface area contributed by atoms with E-state index >= 15 is 0 Å². The number of anilines is 1. The van der Waals surface area contributed by atoms with Gasteiger partial charge in [-0.25, -0.2) is 0 Å². The Morgan fingerprint density at radius 3 is 2.79 bits per heavy atom. The lowest BCUT2D eigenvalue weighted by Gasteiger charge is -2.34. The van der Waals surface area contributed by atoms with Crippen LogP contribution in [0.4, 0.5) is 11.4 Å². The summed E-state index contributed by atoms with van der Waals surface area (Å²) in [7, 11) is 0. The lowest BCUT2D eigenvalue weighted by atomic mass is 10.1. The van der Waals surface area contributed by atoms with Crippen LogP contribution in [-0.2, 0) is 9.47 Å². The molecule has 3 rings (SSSR count). The third-order valence-corrected chi connectivity index (χ3v) is 4.65. The molecule has 1 unspecified atom stereocenters. The zero-order chi connectivity index (χ0) is 16.9. The van der Waals surface area contributed by atoms with E-state index in [4.69, 9.17) is 14.7 Å². The molecule has 0 N–H and O–H groups in total. The third-order valence-electron chi connectivity index (χ3n) is 4.65. The van der Waals surface area contributed by atoms with E-state index in [0.717, 1.165) is 51.1 Å². The van der Waals surface area contributed by atoms with Crippen molar-refractivity contribution in [2.24, 2.45) is 0 Å². The van der Waals surface area contributed by atoms with Crippen LogP contribution < -0.4 is 4.90 Å². The van der Waals surface area contributed by atoms with Crippen molar-refractivity contribution in [2.75, 3.05) is 31.2 Å². The second-order valence-corrected chi connectivity index (χ2v) is 6.23. The van der Waals surface area contributed by atoms with Crippen molar-refractivity contribution >= 4 is 11.4 Å². The minimum Gasteiger partial charge on any atom is -0.376 e. The maximum Gasteiger partial charge on any atom is 0.287 e.